The molecule has 0 aliphatic heterocycles. The standard InChI is InChI=1S/C26H23N3/c27-19-20-16-17-24(28)18-25(20)29-26(21-10-4-1-5-11-21,22-12-6-2-7-13-22)23-14-8-3-9-15-23/h1-19,27,29H,28H2. The molecule has 4 N–H and O–H groups in total. The van der Waals surface area contributed by atoms with E-state index < -0.39 is 5.54 Å². The third-order valence-electron chi connectivity index (χ3n) is 5.18. The summed E-state index contributed by atoms with van der Waals surface area (Å²) in [6.45, 7) is 0. The Balaban J connectivity index is 2.03. The molecule has 0 unspecified atom stereocenters. The molecule has 3 nitrogen and oxygen atoms in total. The van der Waals surface area contributed by atoms with Gasteiger partial charge in [0.25, 0.3) is 0 Å². The second-order valence-electron chi connectivity index (χ2n) is 6.96. The van der Waals surface area contributed by atoms with Crippen LogP contribution in [0.5, 0.6) is 0 Å². The van der Waals surface area contributed by atoms with Crippen LogP contribution in [0.1, 0.15) is 22.3 Å². The highest BCUT2D eigenvalue weighted by molar-refractivity contribution is 5.88. The van der Waals surface area contributed by atoms with Crippen LogP contribution in [0, 0.1) is 5.41 Å². The Bertz CT molecular complexity index is 994. The predicted molar refractivity (Wildman–Crippen MR) is 122 cm³/mol. The SMILES string of the molecule is N=Cc1ccc(N)cc1NC(c1ccccc1)(c1ccccc1)c1ccccc1. The van der Waals surface area contributed by atoms with E-state index in [4.69, 9.17) is 11.1 Å². The maximum atomic E-state index is 7.87. The highest BCUT2D eigenvalue weighted by atomic mass is 15.0. The number of hydrogen-bond acceptors (Lipinski definition) is 3. The summed E-state index contributed by atoms with van der Waals surface area (Å²) in [6, 6.07) is 36.7. The molecule has 4 aromatic carbocycles. The van der Waals surface area contributed by atoms with Crippen LogP contribution in [0.25, 0.3) is 0 Å². The van der Waals surface area contributed by atoms with Crippen molar-refractivity contribution in [2.45, 2.75) is 5.54 Å². The third kappa shape index (κ3) is 3.50. The van der Waals surface area contributed by atoms with E-state index >= 15 is 0 Å². The average molecular weight is 377 g/mol. The summed E-state index contributed by atoms with van der Waals surface area (Å²) in [7, 11) is 0. The first-order chi connectivity index (χ1) is 14.2. The molecule has 142 valence electrons. The van der Waals surface area contributed by atoms with Crippen molar-refractivity contribution in [1.82, 2.24) is 0 Å². The predicted octanol–water partition coefficient (Wildman–Crippen LogP) is 5.67. The summed E-state index contributed by atoms with van der Waals surface area (Å²) in [6.07, 6.45) is 1.35. The number of hydrogen-bond donors (Lipinski definition) is 3. The number of benzene rings is 4. The maximum absolute atomic E-state index is 7.87. The smallest absolute Gasteiger partial charge is 0.114 e. The van der Waals surface area contributed by atoms with Gasteiger partial charge in [0.15, 0.2) is 0 Å². The van der Waals surface area contributed by atoms with E-state index in [9.17, 15) is 0 Å². The molecule has 0 saturated carbocycles. The number of nitrogen functional groups attached to an aromatic ring is 1. The Morgan fingerprint density at radius 3 is 1.52 bits per heavy atom. The zero-order chi connectivity index (χ0) is 20.1. The van der Waals surface area contributed by atoms with E-state index in [1.54, 1.807) is 0 Å². The molecule has 4 rings (SSSR count). The summed E-state index contributed by atoms with van der Waals surface area (Å²) in [4.78, 5) is 0. The fraction of sp³-hybridized carbons (Fsp3) is 0.0385. The van der Waals surface area contributed by atoms with Gasteiger partial charge in [0.2, 0.25) is 0 Å². The van der Waals surface area contributed by atoms with E-state index in [-0.39, 0.29) is 0 Å². The van der Waals surface area contributed by atoms with Gasteiger partial charge < -0.3 is 16.5 Å². The van der Waals surface area contributed by atoms with Crippen LogP contribution >= 0.6 is 0 Å². The van der Waals surface area contributed by atoms with Crippen molar-refractivity contribution in [3.8, 4) is 0 Å². The second kappa shape index (κ2) is 8.03. The van der Waals surface area contributed by atoms with Gasteiger partial charge >= 0.3 is 0 Å². The van der Waals surface area contributed by atoms with E-state index in [0.29, 0.717) is 5.69 Å². The summed E-state index contributed by atoms with van der Waals surface area (Å²) in [5.74, 6) is 0. The minimum atomic E-state index is -0.644. The molecular formula is C26H23N3. The van der Waals surface area contributed by atoms with Crippen molar-refractivity contribution in [2.75, 3.05) is 11.1 Å². The van der Waals surface area contributed by atoms with Gasteiger partial charge in [-0.2, -0.15) is 0 Å². The zero-order valence-corrected chi connectivity index (χ0v) is 16.0. The highest BCUT2D eigenvalue weighted by Gasteiger charge is 2.36. The van der Waals surface area contributed by atoms with Crippen LogP contribution in [-0.4, -0.2) is 6.21 Å². The van der Waals surface area contributed by atoms with E-state index in [1.165, 1.54) is 6.21 Å². The lowest BCUT2D eigenvalue weighted by Crippen LogP contribution is -2.38. The fourth-order valence-electron chi connectivity index (χ4n) is 3.79. The van der Waals surface area contributed by atoms with E-state index in [2.05, 4.69) is 78.1 Å². The molecule has 0 fully saturated rings. The molecule has 3 heteroatoms. The number of anilines is 2. The summed E-state index contributed by atoms with van der Waals surface area (Å²) >= 11 is 0. The molecule has 0 saturated heterocycles. The van der Waals surface area contributed by atoms with Gasteiger partial charge in [0.1, 0.15) is 5.54 Å². The minimum Gasteiger partial charge on any atom is -0.399 e. The van der Waals surface area contributed by atoms with Crippen molar-refractivity contribution in [3.63, 3.8) is 0 Å². The van der Waals surface area contributed by atoms with Crippen LogP contribution in [-0.2, 0) is 5.54 Å². The molecular weight excluding hydrogens is 354 g/mol. The Morgan fingerprint density at radius 1 is 0.655 bits per heavy atom. The maximum Gasteiger partial charge on any atom is 0.114 e. The Hall–Kier alpha value is -3.85. The second-order valence-corrected chi connectivity index (χ2v) is 6.96. The van der Waals surface area contributed by atoms with Gasteiger partial charge in [-0.1, -0.05) is 91.0 Å². The molecule has 4 aromatic rings. The molecule has 0 heterocycles. The minimum absolute atomic E-state index is 0.644. The molecule has 0 amide bonds. The summed E-state index contributed by atoms with van der Waals surface area (Å²) < 4.78 is 0. The monoisotopic (exact) mass is 377 g/mol. The van der Waals surface area contributed by atoms with Gasteiger partial charge in [0.05, 0.1) is 0 Å². The number of nitrogens with two attached hydrogens (primary N) is 1. The fourth-order valence-corrected chi connectivity index (χ4v) is 3.79. The van der Waals surface area contributed by atoms with E-state index in [0.717, 1.165) is 27.9 Å². The first-order valence-corrected chi connectivity index (χ1v) is 9.59. The van der Waals surface area contributed by atoms with Crippen LogP contribution in [0.4, 0.5) is 11.4 Å². The lowest BCUT2D eigenvalue weighted by atomic mass is 9.76. The molecule has 29 heavy (non-hydrogen) atoms. The first kappa shape index (κ1) is 18.5. The molecule has 0 aliphatic carbocycles. The van der Waals surface area contributed by atoms with Gasteiger partial charge in [-0.3, -0.25) is 0 Å². The van der Waals surface area contributed by atoms with Gasteiger partial charge in [-0.25, -0.2) is 0 Å². The van der Waals surface area contributed by atoms with Gasteiger partial charge in [-0.15, -0.1) is 0 Å². The average Bonchev–Trinajstić information content (AvgIpc) is 2.79. The number of rotatable bonds is 6. The largest absolute Gasteiger partial charge is 0.399 e. The molecule has 0 atom stereocenters. The van der Waals surface area contributed by atoms with Crippen molar-refractivity contribution in [2.24, 2.45) is 0 Å². The number of nitrogens with one attached hydrogen (secondary N) is 2. The van der Waals surface area contributed by atoms with Crippen molar-refractivity contribution in [3.05, 3.63) is 131 Å². The highest BCUT2D eigenvalue weighted by Crippen LogP contribution is 2.40. The lowest BCUT2D eigenvalue weighted by Gasteiger charge is -2.38. The Kier molecular flexibility index (Phi) is 5.12. The normalized spacial score (nSPS) is 11.0. The van der Waals surface area contributed by atoms with Crippen LogP contribution in [0.2, 0.25) is 0 Å². The van der Waals surface area contributed by atoms with Crippen LogP contribution in [0.3, 0.4) is 0 Å². The molecule has 0 bridgehead atoms. The van der Waals surface area contributed by atoms with Crippen LogP contribution < -0.4 is 11.1 Å². The summed E-state index contributed by atoms with van der Waals surface area (Å²) in [5.41, 5.74) is 11.0. The van der Waals surface area contributed by atoms with Gasteiger partial charge in [-0.05, 0) is 34.9 Å². The molecule has 0 radical (unpaired) electrons. The topological polar surface area (TPSA) is 61.9 Å². The van der Waals surface area contributed by atoms with Crippen molar-refractivity contribution in [1.29, 1.82) is 5.41 Å². The molecule has 0 aliphatic rings. The first-order valence-electron chi connectivity index (χ1n) is 9.59. The van der Waals surface area contributed by atoms with Crippen molar-refractivity contribution < 1.29 is 0 Å². The van der Waals surface area contributed by atoms with Gasteiger partial charge in [0, 0.05) is 23.2 Å². The Morgan fingerprint density at radius 2 is 1.10 bits per heavy atom. The summed E-state index contributed by atoms with van der Waals surface area (Å²) in [5, 5.41) is 11.6. The third-order valence-corrected chi connectivity index (χ3v) is 5.18. The quantitative estimate of drug-likeness (QED) is 0.230. The zero-order valence-electron chi connectivity index (χ0n) is 16.0. The van der Waals surface area contributed by atoms with Crippen molar-refractivity contribution >= 4 is 17.6 Å². The van der Waals surface area contributed by atoms with Crippen LogP contribution in [0.15, 0.2) is 109 Å². The lowest BCUT2D eigenvalue weighted by molar-refractivity contribution is 0.711. The van der Waals surface area contributed by atoms with E-state index in [1.807, 2.05) is 36.4 Å². The molecule has 0 aromatic heterocycles. The molecule has 0 spiro atoms. The Labute approximate surface area is 171 Å².